The van der Waals surface area contributed by atoms with Crippen LogP contribution >= 0.6 is 11.8 Å². The minimum Gasteiger partial charge on any atom is -0.322 e. The van der Waals surface area contributed by atoms with Gasteiger partial charge < -0.3 is 5.32 Å². The predicted octanol–water partition coefficient (Wildman–Crippen LogP) is 3.81. The van der Waals surface area contributed by atoms with Crippen LogP contribution in [0.5, 0.6) is 0 Å². The molecule has 7 heteroatoms. The Bertz CT molecular complexity index is 803. The van der Waals surface area contributed by atoms with Crippen molar-refractivity contribution < 1.29 is 13.2 Å². The van der Waals surface area contributed by atoms with Gasteiger partial charge in [-0.25, -0.2) is 8.42 Å². The van der Waals surface area contributed by atoms with Crippen LogP contribution in [0.2, 0.25) is 0 Å². The molecule has 0 radical (unpaired) electrons. The summed E-state index contributed by atoms with van der Waals surface area (Å²) in [5, 5.41) is 2.80. The maximum Gasteiger partial charge on any atom is 0.255 e. The summed E-state index contributed by atoms with van der Waals surface area (Å²) in [6, 6.07) is 14.0. The summed E-state index contributed by atoms with van der Waals surface area (Å²) in [7, 11) is -3.38. The lowest BCUT2D eigenvalue weighted by Gasteiger charge is -2.09. The molecular formula is C17H20N2O3S2. The summed E-state index contributed by atoms with van der Waals surface area (Å²) >= 11 is 1.63. The molecule has 2 aromatic carbocycles. The molecule has 0 unspecified atom stereocenters. The number of anilines is 2. The summed E-state index contributed by atoms with van der Waals surface area (Å²) in [5.41, 5.74) is 1.46. The smallest absolute Gasteiger partial charge is 0.255 e. The van der Waals surface area contributed by atoms with Crippen molar-refractivity contribution in [2.45, 2.75) is 18.2 Å². The normalized spacial score (nSPS) is 11.1. The predicted molar refractivity (Wildman–Crippen MR) is 100 cm³/mol. The third-order valence-electron chi connectivity index (χ3n) is 3.22. The Morgan fingerprint density at radius 3 is 2.42 bits per heavy atom. The van der Waals surface area contributed by atoms with Gasteiger partial charge in [0, 0.05) is 21.8 Å². The van der Waals surface area contributed by atoms with E-state index < -0.39 is 10.0 Å². The van der Waals surface area contributed by atoms with Gasteiger partial charge in [-0.1, -0.05) is 13.0 Å². The van der Waals surface area contributed by atoms with E-state index in [1.54, 1.807) is 36.9 Å². The second-order valence-electron chi connectivity index (χ2n) is 5.18. The monoisotopic (exact) mass is 364 g/mol. The van der Waals surface area contributed by atoms with Crippen molar-refractivity contribution in [2.75, 3.05) is 22.0 Å². The molecule has 0 aliphatic rings. The van der Waals surface area contributed by atoms with Crippen molar-refractivity contribution in [3.05, 3.63) is 54.1 Å². The first kappa shape index (κ1) is 18.4. The highest BCUT2D eigenvalue weighted by molar-refractivity contribution is 7.98. The van der Waals surface area contributed by atoms with Gasteiger partial charge >= 0.3 is 0 Å². The molecule has 0 spiro atoms. The average Bonchev–Trinajstić information content (AvgIpc) is 2.55. The fourth-order valence-corrected chi connectivity index (χ4v) is 3.63. The molecule has 2 aromatic rings. The van der Waals surface area contributed by atoms with Gasteiger partial charge in [0.2, 0.25) is 10.0 Å². The standard InChI is InChI=1S/C17H20N2O3S2/c1-3-11-24(21,22)19-15-6-4-5-13(12-15)17(20)18-14-7-9-16(23-2)10-8-14/h4-10,12,19H,3,11H2,1-2H3,(H,18,20). The minimum absolute atomic E-state index is 0.0468. The second-order valence-corrected chi connectivity index (χ2v) is 7.91. The van der Waals surface area contributed by atoms with E-state index in [0.717, 1.165) is 4.90 Å². The first-order chi connectivity index (χ1) is 11.4. The molecule has 2 rings (SSSR count). The van der Waals surface area contributed by atoms with Crippen LogP contribution in [-0.2, 0) is 10.0 Å². The van der Waals surface area contributed by atoms with Crippen LogP contribution in [0.1, 0.15) is 23.7 Å². The SMILES string of the molecule is CCCS(=O)(=O)Nc1cccc(C(=O)Nc2ccc(SC)cc2)c1. The second kappa shape index (κ2) is 8.21. The molecule has 0 bridgehead atoms. The lowest BCUT2D eigenvalue weighted by molar-refractivity contribution is 0.102. The summed E-state index contributed by atoms with van der Waals surface area (Å²) in [6.07, 6.45) is 2.51. The van der Waals surface area contributed by atoms with E-state index in [-0.39, 0.29) is 11.7 Å². The van der Waals surface area contributed by atoms with E-state index in [9.17, 15) is 13.2 Å². The molecule has 0 atom stereocenters. The molecule has 2 N–H and O–H groups in total. The van der Waals surface area contributed by atoms with Crippen molar-refractivity contribution in [1.82, 2.24) is 0 Å². The van der Waals surface area contributed by atoms with Crippen LogP contribution in [0.4, 0.5) is 11.4 Å². The summed E-state index contributed by atoms with van der Waals surface area (Å²) < 4.78 is 26.1. The topological polar surface area (TPSA) is 75.3 Å². The van der Waals surface area contributed by atoms with Gasteiger partial charge in [0.1, 0.15) is 0 Å². The van der Waals surface area contributed by atoms with Crippen LogP contribution in [0, 0.1) is 0 Å². The van der Waals surface area contributed by atoms with Crippen molar-refractivity contribution in [2.24, 2.45) is 0 Å². The number of hydrogen-bond acceptors (Lipinski definition) is 4. The van der Waals surface area contributed by atoms with E-state index >= 15 is 0 Å². The molecule has 24 heavy (non-hydrogen) atoms. The van der Waals surface area contributed by atoms with Crippen LogP contribution in [0.3, 0.4) is 0 Å². The van der Waals surface area contributed by atoms with Gasteiger partial charge in [0.25, 0.3) is 5.91 Å². The number of carbonyl (C=O) groups excluding carboxylic acids is 1. The zero-order valence-corrected chi connectivity index (χ0v) is 15.2. The Morgan fingerprint density at radius 2 is 1.79 bits per heavy atom. The number of nitrogens with one attached hydrogen (secondary N) is 2. The van der Waals surface area contributed by atoms with E-state index in [1.165, 1.54) is 6.07 Å². The molecule has 0 aliphatic heterocycles. The Balaban J connectivity index is 2.10. The quantitative estimate of drug-likeness (QED) is 0.733. The first-order valence-electron chi connectivity index (χ1n) is 7.49. The van der Waals surface area contributed by atoms with Gasteiger partial charge in [-0.15, -0.1) is 11.8 Å². The number of benzene rings is 2. The molecule has 0 aliphatic carbocycles. The Labute approximate surface area is 146 Å². The molecular weight excluding hydrogens is 344 g/mol. The average molecular weight is 364 g/mol. The molecule has 0 aromatic heterocycles. The number of amides is 1. The van der Waals surface area contributed by atoms with Crippen molar-refractivity contribution >= 4 is 39.1 Å². The summed E-state index contributed by atoms with van der Waals surface area (Å²) in [6.45, 7) is 1.80. The summed E-state index contributed by atoms with van der Waals surface area (Å²) in [4.78, 5) is 13.4. The third kappa shape index (κ3) is 5.28. The Kier molecular flexibility index (Phi) is 6.28. The van der Waals surface area contributed by atoms with Crippen LogP contribution < -0.4 is 10.0 Å². The highest BCUT2D eigenvalue weighted by Crippen LogP contribution is 2.19. The number of rotatable bonds is 7. The van der Waals surface area contributed by atoms with Crippen molar-refractivity contribution in [3.63, 3.8) is 0 Å². The zero-order valence-electron chi connectivity index (χ0n) is 13.6. The highest BCUT2D eigenvalue weighted by Gasteiger charge is 2.11. The molecule has 0 saturated heterocycles. The van der Waals surface area contributed by atoms with Crippen molar-refractivity contribution in [1.29, 1.82) is 0 Å². The van der Waals surface area contributed by atoms with Crippen LogP contribution in [-0.4, -0.2) is 26.3 Å². The molecule has 5 nitrogen and oxygen atoms in total. The van der Waals surface area contributed by atoms with E-state index in [2.05, 4.69) is 10.0 Å². The maximum atomic E-state index is 12.3. The molecule has 128 valence electrons. The first-order valence-corrected chi connectivity index (χ1v) is 10.4. The largest absolute Gasteiger partial charge is 0.322 e. The van der Waals surface area contributed by atoms with Gasteiger partial charge in [-0.05, 0) is 55.1 Å². The Hall–Kier alpha value is -1.99. The van der Waals surface area contributed by atoms with E-state index in [4.69, 9.17) is 0 Å². The Morgan fingerprint density at radius 1 is 1.08 bits per heavy atom. The molecule has 0 heterocycles. The summed E-state index contributed by atoms with van der Waals surface area (Å²) in [5.74, 6) is -0.242. The van der Waals surface area contributed by atoms with E-state index in [1.807, 2.05) is 30.5 Å². The van der Waals surface area contributed by atoms with E-state index in [0.29, 0.717) is 23.4 Å². The van der Waals surface area contributed by atoms with Gasteiger partial charge in [-0.3, -0.25) is 9.52 Å². The third-order valence-corrected chi connectivity index (χ3v) is 5.45. The number of hydrogen-bond donors (Lipinski definition) is 2. The van der Waals surface area contributed by atoms with Crippen molar-refractivity contribution in [3.8, 4) is 0 Å². The maximum absolute atomic E-state index is 12.3. The van der Waals surface area contributed by atoms with Gasteiger partial charge in [0.05, 0.1) is 5.75 Å². The molecule has 0 fully saturated rings. The lowest BCUT2D eigenvalue weighted by Crippen LogP contribution is -2.17. The number of carbonyl (C=O) groups is 1. The molecule has 1 amide bonds. The minimum atomic E-state index is -3.38. The van der Waals surface area contributed by atoms with Crippen LogP contribution in [0.15, 0.2) is 53.4 Å². The number of thioether (sulfide) groups is 1. The highest BCUT2D eigenvalue weighted by atomic mass is 32.2. The molecule has 0 saturated carbocycles. The number of sulfonamides is 1. The lowest BCUT2D eigenvalue weighted by atomic mass is 10.2. The fraction of sp³-hybridized carbons (Fsp3) is 0.235. The zero-order chi connectivity index (χ0) is 17.6. The van der Waals surface area contributed by atoms with Gasteiger partial charge in [-0.2, -0.15) is 0 Å². The van der Waals surface area contributed by atoms with Crippen LogP contribution in [0.25, 0.3) is 0 Å². The van der Waals surface area contributed by atoms with Gasteiger partial charge in [0.15, 0.2) is 0 Å². The fourth-order valence-electron chi connectivity index (χ4n) is 2.10.